The highest BCUT2D eigenvalue weighted by molar-refractivity contribution is 5.21. The first-order valence-corrected chi connectivity index (χ1v) is 15.3. The number of fused-ring (bicyclic) bond motifs is 5. The van der Waals surface area contributed by atoms with Crippen molar-refractivity contribution in [2.24, 2.45) is 34.5 Å². The van der Waals surface area contributed by atoms with E-state index < -0.39 is 5.60 Å². The lowest BCUT2D eigenvalue weighted by Crippen LogP contribution is -2.62. The monoisotopic (exact) mass is 501 g/mol. The lowest BCUT2D eigenvalue weighted by molar-refractivity contribution is -0.209. The summed E-state index contributed by atoms with van der Waals surface area (Å²) < 4.78 is 18.0. The van der Waals surface area contributed by atoms with E-state index in [1.54, 1.807) is 0 Å². The van der Waals surface area contributed by atoms with E-state index in [1.165, 1.54) is 70.0 Å². The Bertz CT molecular complexity index is 819. The second kappa shape index (κ2) is 9.93. The van der Waals surface area contributed by atoms with Crippen molar-refractivity contribution in [3.8, 4) is 0 Å². The van der Waals surface area contributed by atoms with Crippen molar-refractivity contribution in [2.45, 2.75) is 109 Å². The third kappa shape index (κ3) is 4.24. The maximum absolute atomic E-state index is 12.5. The molecule has 1 N–H and O–H groups in total. The van der Waals surface area contributed by atoms with Gasteiger partial charge in [0.15, 0.2) is 6.29 Å². The average Bonchev–Trinajstić information content (AvgIpc) is 3.62. The molecule has 2 aliphatic heterocycles. The first-order chi connectivity index (χ1) is 17.3. The Morgan fingerprint density at radius 2 is 1.75 bits per heavy atom. The number of likely N-dealkylation sites (tertiary alicyclic amines) is 1. The van der Waals surface area contributed by atoms with Crippen molar-refractivity contribution in [1.29, 1.82) is 0 Å². The Morgan fingerprint density at radius 1 is 0.972 bits per heavy atom. The Balaban J connectivity index is 1.11. The van der Waals surface area contributed by atoms with Crippen LogP contribution < -0.4 is 0 Å². The molecule has 0 bridgehead atoms. The number of hydrogen-bond acceptors (Lipinski definition) is 5. The maximum Gasteiger partial charge on any atom is 0.179 e. The molecule has 36 heavy (non-hydrogen) atoms. The second-order valence-corrected chi connectivity index (χ2v) is 13.8. The third-order valence-corrected chi connectivity index (χ3v) is 12.3. The van der Waals surface area contributed by atoms with Gasteiger partial charge >= 0.3 is 0 Å². The van der Waals surface area contributed by atoms with Crippen LogP contribution >= 0.6 is 0 Å². The number of hydrogen-bond donors (Lipinski definition) is 1. The molecular formula is C31H51NO4. The minimum absolute atomic E-state index is 0.0346. The number of allylic oxidation sites excluding steroid dienone is 1. The van der Waals surface area contributed by atoms with Gasteiger partial charge in [0.05, 0.1) is 31.5 Å². The van der Waals surface area contributed by atoms with E-state index in [9.17, 15) is 5.11 Å². The van der Waals surface area contributed by atoms with Gasteiger partial charge in [0.1, 0.15) is 0 Å². The van der Waals surface area contributed by atoms with Crippen LogP contribution in [0.25, 0.3) is 0 Å². The molecule has 6 fully saturated rings. The molecule has 0 radical (unpaired) electrons. The van der Waals surface area contributed by atoms with Crippen LogP contribution in [0.2, 0.25) is 0 Å². The smallest absolute Gasteiger partial charge is 0.179 e. The van der Waals surface area contributed by atoms with Gasteiger partial charge in [0.2, 0.25) is 0 Å². The van der Waals surface area contributed by atoms with Crippen LogP contribution in [-0.2, 0) is 14.2 Å². The van der Waals surface area contributed by atoms with Gasteiger partial charge in [-0.05, 0) is 125 Å². The van der Waals surface area contributed by atoms with Gasteiger partial charge in [-0.3, -0.25) is 0 Å². The molecule has 0 spiro atoms. The summed E-state index contributed by atoms with van der Waals surface area (Å²) in [6, 6.07) is 0. The zero-order valence-electron chi connectivity index (χ0n) is 23.2. The standard InChI is InChI=1S/C31H51NO4/c1-22(28-35-18-19-36-28)20-24-8-13-31(33)27-7-6-23-21-25(34-17-16-32-14-4-5-15-32)9-11-29(23,2)26(27)10-12-30(24,31)3/h20,23-28,33H,4-19,21H2,1-3H3/b22-20-/t23?,24-,25?,26+,27-,29+,30-,31-/m1/s1. The molecule has 5 heteroatoms. The van der Waals surface area contributed by atoms with Crippen molar-refractivity contribution >= 4 is 0 Å². The highest BCUT2D eigenvalue weighted by Gasteiger charge is 2.66. The molecule has 2 unspecified atom stereocenters. The molecule has 6 rings (SSSR count). The van der Waals surface area contributed by atoms with E-state index >= 15 is 0 Å². The second-order valence-electron chi connectivity index (χ2n) is 13.8. The number of nitrogens with zero attached hydrogens (tertiary/aromatic N) is 1. The lowest BCUT2D eigenvalue weighted by Gasteiger charge is -2.63. The van der Waals surface area contributed by atoms with E-state index in [0.717, 1.165) is 38.3 Å². The van der Waals surface area contributed by atoms with Crippen molar-refractivity contribution in [2.75, 3.05) is 39.5 Å². The summed E-state index contributed by atoms with van der Waals surface area (Å²) in [6.07, 6.45) is 16.0. The van der Waals surface area contributed by atoms with Crippen LogP contribution in [-0.4, -0.2) is 67.5 Å². The van der Waals surface area contributed by atoms with Crippen LogP contribution in [0.5, 0.6) is 0 Å². The van der Waals surface area contributed by atoms with Crippen LogP contribution in [0.15, 0.2) is 11.6 Å². The van der Waals surface area contributed by atoms with Gasteiger partial charge in [0.25, 0.3) is 0 Å². The van der Waals surface area contributed by atoms with E-state index in [2.05, 4.69) is 31.7 Å². The molecule has 4 saturated carbocycles. The van der Waals surface area contributed by atoms with Crippen molar-refractivity contribution in [3.05, 3.63) is 11.6 Å². The molecule has 0 aromatic rings. The zero-order chi connectivity index (χ0) is 25.0. The van der Waals surface area contributed by atoms with E-state index in [1.807, 2.05) is 0 Å². The van der Waals surface area contributed by atoms with Crippen molar-refractivity contribution < 1.29 is 19.3 Å². The number of ether oxygens (including phenoxy) is 3. The Kier molecular flexibility index (Phi) is 7.12. The summed E-state index contributed by atoms with van der Waals surface area (Å²) in [4.78, 5) is 2.57. The highest BCUT2D eigenvalue weighted by Crippen LogP contribution is 2.69. The molecule has 6 aliphatic rings. The van der Waals surface area contributed by atoms with Gasteiger partial charge in [-0.25, -0.2) is 0 Å². The van der Waals surface area contributed by atoms with Crippen LogP contribution in [0.4, 0.5) is 0 Å². The van der Waals surface area contributed by atoms with Crippen LogP contribution in [0.1, 0.15) is 91.4 Å². The molecule has 0 aromatic carbocycles. The fourth-order valence-electron chi connectivity index (χ4n) is 10.0. The van der Waals surface area contributed by atoms with E-state index in [0.29, 0.717) is 42.5 Å². The SMILES string of the molecule is C/C(=C/[C@H]1CC[C@@]2(O)[C@@H]3CCC4CC(OCCN5CCCC5)CC[C@]4(C)[C@H]3CC[C@]12C)C1OCCO1. The fourth-order valence-corrected chi connectivity index (χ4v) is 10.0. The van der Waals surface area contributed by atoms with Gasteiger partial charge in [-0.1, -0.05) is 19.9 Å². The summed E-state index contributed by atoms with van der Waals surface area (Å²) in [6.45, 7) is 13.1. The summed E-state index contributed by atoms with van der Waals surface area (Å²) in [5.74, 6) is 2.28. The molecular weight excluding hydrogens is 450 g/mol. The molecule has 204 valence electrons. The number of rotatable bonds is 6. The predicted molar refractivity (Wildman–Crippen MR) is 142 cm³/mol. The molecule has 4 aliphatic carbocycles. The average molecular weight is 502 g/mol. The maximum atomic E-state index is 12.5. The van der Waals surface area contributed by atoms with Crippen molar-refractivity contribution in [3.63, 3.8) is 0 Å². The first-order valence-electron chi connectivity index (χ1n) is 15.3. The van der Waals surface area contributed by atoms with E-state index in [4.69, 9.17) is 14.2 Å². The molecule has 0 amide bonds. The van der Waals surface area contributed by atoms with Crippen LogP contribution in [0, 0.1) is 34.5 Å². The lowest BCUT2D eigenvalue weighted by atomic mass is 9.43. The summed E-state index contributed by atoms with van der Waals surface area (Å²) in [5, 5.41) is 12.5. The third-order valence-electron chi connectivity index (χ3n) is 12.3. The van der Waals surface area contributed by atoms with Gasteiger partial charge in [-0.2, -0.15) is 0 Å². The normalized spacial score (nSPS) is 48.1. The first kappa shape index (κ1) is 25.8. The summed E-state index contributed by atoms with van der Waals surface area (Å²) in [5.41, 5.74) is 0.993. The Hall–Kier alpha value is -0.460. The molecule has 2 saturated heterocycles. The van der Waals surface area contributed by atoms with Gasteiger partial charge in [0, 0.05) is 12.0 Å². The largest absolute Gasteiger partial charge is 0.389 e. The Morgan fingerprint density at radius 3 is 2.53 bits per heavy atom. The van der Waals surface area contributed by atoms with Crippen LogP contribution in [0.3, 0.4) is 0 Å². The quantitative estimate of drug-likeness (QED) is 0.483. The highest BCUT2D eigenvalue weighted by atomic mass is 16.7. The predicted octanol–water partition coefficient (Wildman–Crippen LogP) is 5.56. The van der Waals surface area contributed by atoms with Gasteiger partial charge < -0.3 is 24.2 Å². The minimum atomic E-state index is -0.536. The topological polar surface area (TPSA) is 51.2 Å². The minimum Gasteiger partial charge on any atom is -0.389 e. The number of aliphatic hydroxyl groups is 1. The zero-order valence-corrected chi connectivity index (χ0v) is 23.2. The molecule has 5 nitrogen and oxygen atoms in total. The van der Waals surface area contributed by atoms with E-state index in [-0.39, 0.29) is 11.7 Å². The summed E-state index contributed by atoms with van der Waals surface area (Å²) in [7, 11) is 0. The molecule has 2 heterocycles. The van der Waals surface area contributed by atoms with Gasteiger partial charge in [-0.15, -0.1) is 0 Å². The fraction of sp³-hybridized carbons (Fsp3) is 0.935. The Labute approximate surface area is 219 Å². The van der Waals surface area contributed by atoms with Crippen molar-refractivity contribution in [1.82, 2.24) is 4.90 Å². The summed E-state index contributed by atoms with van der Waals surface area (Å²) >= 11 is 0. The molecule has 8 atom stereocenters. The molecule has 0 aromatic heterocycles.